The molecule has 1 saturated heterocycles. The minimum absolute atomic E-state index is 0.0188. The first-order valence-electron chi connectivity index (χ1n) is 9.38. The molecule has 0 aromatic heterocycles. The number of rotatable bonds is 8. The lowest BCUT2D eigenvalue weighted by Gasteiger charge is -2.18. The van der Waals surface area contributed by atoms with Gasteiger partial charge in [-0.25, -0.2) is 0 Å². The number of likely N-dealkylation sites (tertiary alicyclic amines) is 1. The molecule has 3 rings (SSSR count). The third-order valence-electron chi connectivity index (χ3n) is 4.92. The number of carbonyl (C=O) groups excluding carboxylic acids is 2. The molecule has 5 heteroatoms. The number of nitrogens with one attached hydrogen (secondary N) is 1. The van der Waals surface area contributed by atoms with Gasteiger partial charge in [-0.1, -0.05) is 48.5 Å². The van der Waals surface area contributed by atoms with Crippen LogP contribution in [-0.2, 0) is 22.6 Å². The molecule has 0 aliphatic carbocycles. The van der Waals surface area contributed by atoms with E-state index < -0.39 is 0 Å². The largest absolute Gasteiger partial charge is 0.496 e. The predicted molar refractivity (Wildman–Crippen MR) is 104 cm³/mol. The lowest BCUT2D eigenvalue weighted by molar-refractivity contribution is -0.129. The Hall–Kier alpha value is -2.82. The number of hydrogen-bond acceptors (Lipinski definition) is 3. The van der Waals surface area contributed by atoms with Gasteiger partial charge < -0.3 is 15.0 Å². The SMILES string of the molecule is COc1ccccc1CN1C[C@@H](C(=O)NCCCc2ccccc2)CC1=O. The molecule has 1 fully saturated rings. The van der Waals surface area contributed by atoms with E-state index in [-0.39, 0.29) is 24.2 Å². The van der Waals surface area contributed by atoms with Crippen molar-refractivity contribution in [3.63, 3.8) is 0 Å². The van der Waals surface area contributed by atoms with Gasteiger partial charge in [-0.05, 0) is 24.5 Å². The normalized spacial score (nSPS) is 16.4. The van der Waals surface area contributed by atoms with Crippen molar-refractivity contribution in [1.82, 2.24) is 10.2 Å². The standard InChI is InChI=1S/C22H26N2O3/c1-27-20-12-6-5-11-18(20)15-24-16-19(14-21(24)25)22(26)23-13-7-10-17-8-3-2-4-9-17/h2-6,8-9,11-12,19H,7,10,13-16H2,1H3,(H,23,26)/t19-/m0/s1. The van der Waals surface area contributed by atoms with Gasteiger partial charge in [-0.3, -0.25) is 9.59 Å². The summed E-state index contributed by atoms with van der Waals surface area (Å²) >= 11 is 0. The Morgan fingerprint density at radius 2 is 1.89 bits per heavy atom. The smallest absolute Gasteiger partial charge is 0.225 e. The first kappa shape index (κ1) is 19.0. The molecule has 0 bridgehead atoms. The Morgan fingerprint density at radius 3 is 2.67 bits per heavy atom. The Labute approximate surface area is 160 Å². The van der Waals surface area contributed by atoms with Crippen LogP contribution in [0, 0.1) is 5.92 Å². The fourth-order valence-corrected chi connectivity index (χ4v) is 3.43. The van der Waals surface area contributed by atoms with Crippen LogP contribution in [0.3, 0.4) is 0 Å². The van der Waals surface area contributed by atoms with Crippen molar-refractivity contribution in [2.75, 3.05) is 20.2 Å². The molecule has 1 atom stereocenters. The Kier molecular flexibility index (Phi) is 6.47. The van der Waals surface area contributed by atoms with E-state index in [1.807, 2.05) is 42.5 Å². The van der Waals surface area contributed by atoms with Crippen molar-refractivity contribution in [2.24, 2.45) is 5.92 Å². The minimum Gasteiger partial charge on any atom is -0.496 e. The second kappa shape index (κ2) is 9.21. The highest BCUT2D eigenvalue weighted by atomic mass is 16.5. The predicted octanol–water partition coefficient (Wildman–Crippen LogP) is 2.79. The summed E-state index contributed by atoms with van der Waals surface area (Å²) in [6.07, 6.45) is 2.10. The summed E-state index contributed by atoms with van der Waals surface area (Å²) in [6, 6.07) is 17.9. The van der Waals surface area contributed by atoms with Gasteiger partial charge in [0.25, 0.3) is 0 Å². The third-order valence-corrected chi connectivity index (χ3v) is 4.92. The van der Waals surface area contributed by atoms with Crippen LogP contribution in [0.25, 0.3) is 0 Å². The molecular weight excluding hydrogens is 340 g/mol. The average molecular weight is 366 g/mol. The lowest BCUT2D eigenvalue weighted by atomic mass is 10.1. The van der Waals surface area contributed by atoms with Gasteiger partial charge in [0.1, 0.15) is 5.75 Å². The van der Waals surface area contributed by atoms with Crippen molar-refractivity contribution in [3.8, 4) is 5.75 Å². The van der Waals surface area contributed by atoms with Gasteiger partial charge >= 0.3 is 0 Å². The van der Waals surface area contributed by atoms with E-state index in [1.54, 1.807) is 12.0 Å². The van der Waals surface area contributed by atoms with E-state index in [1.165, 1.54) is 5.56 Å². The van der Waals surface area contributed by atoms with E-state index in [4.69, 9.17) is 4.74 Å². The summed E-state index contributed by atoms with van der Waals surface area (Å²) in [7, 11) is 1.62. The molecule has 27 heavy (non-hydrogen) atoms. The number of methoxy groups -OCH3 is 1. The first-order chi connectivity index (χ1) is 13.2. The Morgan fingerprint density at radius 1 is 1.15 bits per heavy atom. The quantitative estimate of drug-likeness (QED) is 0.731. The van der Waals surface area contributed by atoms with Gasteiger partial charge in [-0.15, -0.1) is 0 Å². The number of ether oxygens (including phenoxy) is 1. The van der Waals surface area contributed by atoms with Gasteiger partial charge in [0.05, 0.1) is 13.0 Å². The monoisotopic (exact) mass is 366 g/mol. The van der Waals surface area contributed by atoms with Crippen LogP contribution >= 0.6 is 0 Å². The molecule has 1 aliphatic rings. The maximum absolute atomic E-state index is 12.4. The molecule has 1 aliphatic heterocycles. The second-order valence-corrected chi connectivity index (χ2v) is 6.87. The van der Waals surface area contributed by atoms with Crippen LogP contribution in [0.5, 0.6) is 5.75 Å². The van der Waals surface area contributed by atoms with Crippen LogP contribution in [0.4, 0.5) is 0 Å². The third kappa shape index (κ3) is 5.09. The Balaban J connectivity index is 1.46. The van der Waals surface area contributed by atoms with Crippen molar-refractivity contribution in [3.05, 3.63) is 65.7 Å². The summed E-state index contributed by atoms with van der Waals surface area (Å²) in [5, 5.41) is 2.98. The number of carbonyl (C=O) groups is 2. The van der Waals surface area contributed by atoms with Crippen molar-refractivity contribution in [2.45, 2.75) is 25.8 Å². The zero-order valence-electron chi connectivity index (χ0n) is 15.7. The molecule has 0 spiro atoms. The van der Waals surface area contributed by atoms with E-state index in [0.717, 1.165) is 24.2 Å². The average Bonchev–Trinajstić information content (AvgIpc) is 3.07. The number of benzene rings is 2. The topological polar surface area (TPSA) is 58.6 Å². The zero-order valence-corrected chi connectivity index (χ0v) is 15.7. The summed E-state index contributed by atoms with van der Waals surface area (Å²) in [5.41, 5.74) is 2.23. The molecule has 0 radical (unpaired) electrons. The van der Waals surface area contributed by atoms with E-state index in [0.29, 0.717) is 19.6 Å². The van der Waals surface area contributed by atoms with Crippen molar-refractivity contribution in [1.29, 1.82) is 0 Å². The van der Waals surface area contributed by atoms with E-state index in [9.17, 15) is 9.59 Å². The van der Waals surface area contributed by atoms with Crippen LogP contribution in [0.1, 0.15) is 24.0 Å². The summed E-state index contributed by atoms with van der Waals surface area (Å²) in [4.78, 5) is 26.5. The molecule has 2 aromatic rings. The highest BCUT2D eigenvalue weighted by Gasteiger charge is 2.34. The van der Waals surface area contributed by atoms with Gasteiger partial charge in [-0.2, -0.15) is 0 Å². The van der Waals surface area contributed by atoms with Gasteiger partial charge in [0.15, 0.2) is 0 Å². The molecule has 2 aromatic carbocycles. The van der Waals surface area contributed by atoms with Crippen molar-refractivity contribution >= 4 is 11.8 Å². The van der Waals surface area contributed by atoms with Crippen LogP contribution < -0.4 is 10.1 Å². The number of para-hydroxylation sites is 1. The highest BCUT2D eigenvalue weighted by molar-refractivity contribution is 5.89. The molecule has 0 saturated carbocycles. The first-order valence-corrected chi connectivity index (χ1v) is 9.38. The van der Waals surface area contributed by atoms with Gasteiger partial charge in [0.2, 0.25) is 11.8 Å². The second-order valence-electron chi connectivity index (χ2n) is 6.87. The summed E-state index contributed by atoms with van der Waals surface area (Å²) in [5.74, 6) is 0.479. The molecule has 142 valence electrons. The van der Waals surface area contributed by atoms with Crippen LogP contribution in [-0.4, -0.2) is 36.9 Å². The zero-order chi connectivity index (χ0) is 19.1. The molecule has 1 heterocycles. The van der Waals surface area contributed by atoms with E-state index in [2.05, 4.69) is 17.4 Å². The van der Waals surface area contributed by atoms with Gasteiger partial charge in [0, 0.05) is 31.6 Å². The number of hydrogen-bond donors (Lipinski definition) is 1. The number of amides is 2. The number of nitrogens with zero attached hydrogens (tertiary/aromatic N) is 1. The van der Waals surface area contributed by atoms with E-state index >= 15 is 0 Å². The number of aryl methyl sites for hydroxylation is 1. The lowest BCUT2D eigenvalue weighted by Crippen LogP contribution is -2.33. The molecule has 1 N–H and O–H groups in total. The minimum atomic E-state index is -0.274. The molecule has 5 nitrogen and oxygen atoms in total. The van der Waals surface area contributed by atoms with Crippen LogP contribution in [0.2, 0.25) is 0 Å². The van der Waals surface area contributed by atoms with Crippen molar-refractivity contribution < 1.29 is 14.3 Å². The highest BCUT2D eigenvalue weighted by Crippen LogP contribution is 2.24. The fraction of sp³-hybridized carbons (Fsp3) is 0.364. The molecule has 2 amide bonds. The molecular formula is C22H26N2O3. The van der Waals surface area contributed by atoms with Crippen LogP contribution in [0.15, 0.2) is 54.6 Å². The fourth-order valence-electron chi connectivity index (χ4n) is 3.43. The summed E-state index contributed by atoms with van der Waals surface area (Å²) < 4.78 is 5.35. The maximum atomic E-state index is 12.4. The molecule has 0 unspecified atom stereocenters. The maximum Gasteiger partial charge on any atom is 0.225 e. The Bertz CT molecular complexity index is 776. The summed E-state index contributed by atoms with van der Waals surface area (Å²) in [6.45, 7) is 1.56.